The van der Waals surface area contributed by atoms with E-state index >= 15 is 0 Å². The molecule has 6 nitrogen and oxygen atoms in total. The summed E-state index contributed by atoms with van der Waals surface area (Å²) >= 11 is 3.60. The summed E-state index contributed by atoms with van der Waals surface area (Å²) in [6.45, 7) is 3.65. The molecule has 5 rings (SSSR count). The molecule has 2 fully saturated rings. The van der Waals surface area contributed by atoms with Crippen molar-refractivity contribution in [3.63, 3.8) is 0 Å². The molecule has 0 aliphatic carbocycles. The van der Waals surface area contributed by atoms with E-state index in [0.29, 0.717) is 12.6 Å². The smallest absolute Gasteiger partial charge is 0.298 e. The van der Waals surface area contributed by atoms with E-state index in [0.717, 1.165) is 67.6 Å². The fourth-order valence-electron chi connectivity index (χ4n) is 4.88. The predicted octanol–water partition coefficient (Wildman–Crippen LogP) is 4.67. The van der Waals surface area contributed by atoms with Crippen LogP contribution in [0.3, 0.4) is 0 Å². The van der Waals surface area contributed by atoms with Crippen molar-refractivity contribution in [2.75, 3.05) is 37.7 Å². The molecule has 7 heteroatoms. The number of nitrogens with zero attached hydrogens (tertiary/aromatic N) is 2. The van der Waals surface area contributed by atoms with Gasteiger partial charge < -0.3 is 19.4 Å². The van der Waals surface area contributed by atoms with Gasteiger partial charge in [0.2, 0.25) is 5.91 Å². The van der Waals surface area contributed by atoms with Crippen molar-refractivity contribution in [2.24, 2.45) is 5.92 Å². The van der Waals surface area contributed by atoms with Crippen LogP contribution in [0.15, 0.2) is 57.4 Å². The number of anilines is 1. The van der Waals surface area contributed by atoms with Crippen LogP contribution in [0.2, 0.25) is 0 Å². The van der Waals surface area contributed by atoms with Gasteiger partial charge in [0, 0.05) is 48.7 Å². The van der Waals surface area contributed by atoms with E-state index in [1.807, 2.05) is 30.3 Å². The summed E-state index contributed by atoms with van der Waals surface area (Å²) in [6, 6.07) is 16.9. The summed E-state index contributed by atoms with van der Waals surface area (Å²) in [5.41, 5.74) is 2.87. The summed E-state index contributed by atoms with van der Waals surface area (Å²) < 4.78 is 12.6. The van der Waals surface area contributed by atoms with E-state index in [2.05, 4.69) is 49.3 Å². The molecule has 2 aliphatic heterocycles. The van der Waals surface area contributed by atoms with Gasteiger partial charge >= 0.3 is 0 Å². The highest BCUT2D eigenvalue weighted by Crippen LogP contribution is 2.36. The summed E-state index contributed by atoms with van der Waals surface area (Å²) in [7, 11) is 0. The third-order valence-electron chi connectivity index (χ3n) is 6.91. The van der Waals surface area contributed by atoms with E-state index < -0.39 is 0 Å². The Bertz CT molecular complexity index is 1050. The lowest BCUT2D eigenvalue weighted by atomic mass is 9.74. The highest BCUT2D eigenvalue weighted by atomic mass is 79.9. The molecule has 168 valence electrons. The number of para-hydroxylation sites is 2. The molecule has 0 unspecified atom stereocenters. The zero-order chi connectivity index (χ0) is 22.0. The Morgan fingerprint density at radius 1 is 1.12 bits per heavy atom. The Hall–Kier alpha value is -2.38. The number of carbonyl (C=O) groups is 1. The molecule has 3 aromatic rings. The zero-order valence-electron chi connectivity index (χ0n) is 18.1. The Balaban J connectivity index is 1.20. The number of hydrogen-bond donors (Lipinski definition) is 1. The Labute approximate surface area is 196 Å². The number of carbonyl (C=O) groups excluding carboxylic acids is 1. The molecule has 2 aliphatic rings. The predicted molar refractivity (Wildman–Crippen MR) is 128 cm³/mol. The lowest BCUT2D eigenvalue weighted by Gasteiger charge is -2.38. The topological polar surface area (TPSA) is 67.6 Å². The van der Waals surface area contributed by atoms with Gasteiger partial charge in [-0.05, 0) is 55.5 Å². The van der Waals surface area contributed by atoms with Crippen LogP contribution in [0.1, 0.15) is 31.2 Å². The number of hydrogen-bond acceptors (Lipinski definition) is 5. The number of nitrogens with one attached hydrogen (secondary N) is 1. The molecule has 1 aromatic heterocycles. The minimum atomic E-state index is -0.0728. The lowest BCUT2D eigenvalue weighted by Crippen LogP contribution is -2.47. The van der Waals surface area contributed by atoms with Gasteiger partial charge in [0.1, 0.15) is 5.52 Å². The second kappa shape index (κ2) is 9.24. The molecule has 0 atom stereocenters. The average molecular weight is 498 g/mol. The van der Waals surface area contributed by atoms with E-state index in [-0.39, 0.29) is 17.2 Å². The van der Waals surface area contributed by atoms with E-state index in [9.17, 15) is 4.79 Å². The van der Waals surface area contributed by atoms with Crippen molar-refractivity contribution in [1.29, 1.82) is 0 Å². The highest BCUT2D eigenvalue weighted by Gasteiger charge is 2.36. The van der Waals surface area contributed by atoms with Crippen LogP contribution < -0.4 is 10.2 Å². The maximum Gasteiger partial charge on any atom is 0.298 e. The molecule has 0 saturated carbocycles. The third kappa shape index (κ3) is 4.41. The fraction of sp³-hybridized carbons (Fsp3) is 0.440. The molecular weight excluding hydrogens is 470 g/mol. The Morgan fingerprint density at radius 2 is 1.91 bits per heavy atom. The van der Waals surface area contributed by atoms with Gasteiger partial charge in [-0.3, -0.25) is 4.79 Å². The normalized spacial score (nSPS) is 19.2. The second-order valence-electron chi connectivity index (χ2n) is 8.85. The molecule has 0 radical (unpaired) electrons. The number of fused-ring (bicyclic) bond motifs is 1. The molecule has 0 spiro atoms. The molecule has 3 heterocycles. The van der Waals surface area contributed by atoms with Gasteiger partial charge in [-0.1, -0.05) is 40.2 Å². The number of rotatable bonds is 5. The first-order valence-electron chi connectivity index (χ1n) is 11.4. The molecule has 32 heavy (non-hydrogen) atoms. The first-order valence-corrected chi connectivity index (χ1v) is 12.1. The molecule has 2 saturated heterocycles. The van der Waals surface area contributed by atoms with Crippen LogP contribution in [0, 0.1) is 5.92 Å². The second-order valence-corrected chi connectivity index (χ2v) is 9.76. The van der Waals surface area contributed by atoms with Crippen molar-refractivity contribution < 1.29 is 13.9 Å². The maximum absolute atomic E-state index is 13.1. The van der Waals surface area contributed by atoms with Crippen LogP contribution in [0.4, 0.5) is 6.01 Å². The van der Waals surface area contributed by atoms with Gasteiger partial charge in [-0.25, -0.2) is 0 Å². The fourth-order valence-corrected chi connectivity index (χ4v) is 5.28. The van der Waals surface area contributed by atoms with Crippen molar-refractivity contribution in [2.45, 2.75) is 31.1 Å². The number of ether oxygens (including phenoxy) is 1. The number of benzene rings is 2. The quantitative estimate of drug-likeness (QED) is 0.554. The van der Waals surface area contributed by atoms with Crippen LogP contribution in [0.25, 0.3) is 11.1 Å². The standard InChI is InChI=1S/C25H28BrN3O3/c26-20-5-3-4-19(16-20)25(10-14-31-15-11-25)17-27-23(30)18-8-12-29(13-9-18)24-28-21-6-1-2-7-22(21)32-24/h1-7,16,18H,8-15,17H2,(H,27,30). The molecule has 2 aromatic carbocycles. The van der Waals surface area contributed by atoms with Crippen molar-refractivity contribution >= 4 is 39.0 Å². The van der Waals surface area contributed by atoms with Gasteiger partial charge in [0.05, 0.1) is 0 Å². The maximum atomic E-state index is 13.1. The number of halogens is 1. The Morgan fingerprint density at radius 3 is 2.66 bits per heavy atom. The first-order chi connectivity index (χ1) is 15.6. The summed E-state index contributed by atoms with van der Waals surface area (Å²) in [5, 5.41) is 3.29. The van der Waals surface area contributed by atoms with Gasteiger partial charge in [0.25, 0.3) is 6.01 Å². The SMILES string of the molecule is O=C(NCC1(c2cccc(Br)c2)CCOCC1)C1CCN(c2nc3ccccc3o2)CC1. The van der Waals surface area contributed by atoms with Gasteiger partial charge in [-0.15, -0.1) is 0 Å². The van der Waals surface area contributed by atoms with E-state index in [4.69, 9.17) is 9.15 Å². The van der Waals surface area contributed by atoms with Crippen molar-refractivity contribution in [3.05, 3.63) is 58.6 Å². The minimum absolute atomic E-state index is 0.0232. The molecular formula is C25H28BrN3O3. The summed E-state index contributed by atoms with van der Waals surface area (Å²) in [5.74, 6) is 0.179. The van der Waals surface area contributed by atoms with Crippen molar-refractivity contribution in [3.8, 4) is 0 Å². The summed E-state index contributed by atoms with van der Waals surface area (Å²) in [4.78, 5) is 19.8. The Kier molecular flexibility index (Phi) is 6.20. The monoisotopic (exact) mass is 497 g/mol. The lowest BCUT2D eigenvalue weighted by molar-refractivity contribution is -0.126. The number of amides is 1. The van der Waals surface area contributed by atoms with Crippen LogP contribution in [0.5, 0.6) is 0 Å². The molecule has 1 N–H and O–H groups in total. The van der Waals surface area contributed by atoms with E-state index in [1.165, 1.54) is 5.56 Å². The number of piperidine rings is 1. The van der Waals surface area contributed by atoms with Crippen LogP contribution in [-0.2, 0) is 14.9 Å². The summed E-state index contributed by atoms with van der Waals surface area (Å²) in [6.07, 6.45) is 3.44. The molecule has 1 amide bonds. The molecule has 0 bridgehead atoms. The third-order valence-corrected chi connectivity index (χ3v) is 7.40. The average Bonchev–Trinajstić information content (AvgIpc) is 3.28. The number of oxazole rings is 1. The first kappa shape index (κ1) is 21.5. The van der Waals surface area contributed by atoms with Gasteiger partial charge in [-0.2, -0.15) is 4.98 Å². The largest absolute Gasteiger partial charge is 0.423 e. The van der Waals surface area contributed by atoms with Gasteiger partial charge in [0.15, 0.2) is 5.58 Å². The number of aromatic nitrogens is 1. The van der Waals surface area contributed by atoms with Crippen LogP contribution in [-0.4, -0.2) is 43.7 Å². The van der Waals surface area contributed by atoms with Crippen LogP contribution >= 0.6 is 15.9 Å². The minimum Gasteiger partial charge on any atom is -0.423 e. The zero-order valence-corrected chi connectivity index (χ0v) is 19.6. The highest BCUT2D eigenvalue weighted by molar-refractivity contribution is 9.10. The van der Waals surface area contributed by atoms with E-state index in [1.54, 1.807) is 0 Å². The van der Waals surface area contributed by atoms with Crippen molar-refractivity contribution in [1.82, 2.24) is 10.3 Å².